The lowest BCUT2D eigenvalue weighted by molar-refractivity contribution is -0.139. The molecule has 0 N–H and O–H groups in total. The van der Waals surface area contributed by atoms with Crippen molar-refractivity contribution in [3.8, 4) is 11.4 Å². The van der Waals surface area contributed by atoms with E-state index in [1.54, 1.807) is 36.6 Å². The minimum atomic E-state index is -0.720. The van der Waals surface area contributed by atoms with Crippen molar-refractivity contribution in [2.24, 2.45) is 0 Å². The third-order valence-corrected chi connectivity index (χ3v) is 3.93. The molecule has 10 nitrogen and oxygen atoms in total. The van der Waals surface area contributed by atoms with E-state index < -0.39 is 11.9 Å². The van der Waals surface area contributed by atoms with Gasteiger partial charge in [0, 0.05) is 12.3 Å². The van der Waals surface area contributed by atoms with E-state index in [2.05, 4.69) is 15.5 Å². The quantitative estimate of drug-likeness (QED) is 0.703. The normalized spacial score (nSPS) is 13.3. The van der Waals surface area contributed by atoms with Crippen LogP contribution in [0.25, 0.3) is 5.69 Å². The Morgan fingerprint density at radius 3 is 2.43 bits per heavy atom. The Labute approximate surface area is 160 Å². The molecular formula is C18H17N5O5. The van der Waals surface area contributed by atoms with Crippen molar-refractivity contribution < 1.29 is 23.8 Å². The van der Waals surface area contributed by atoms with E-state index in [1.807, 2.05) is 0 Å². The molecular weight excluding hydrogens is 366 g/mol. The van der Waals surface area contributed by atoms with Gasteiger partial charge in [0.25, 0.3) is 0 Å². The number of aromatic nitrogens is 4. The summed E-state index contributed by atoms with van der Waals surface area (Å²) in [7, 11) is 3.99. The molecule has 0 amide bonds. The van der Waals surface area contributed by atoms with Crippen LogP contribution in [0.3, 0.4) is 0 Å². The molecule has 144 valence electrons. The molecule has 1 aromatic heterocycles. The van der Waals surface area contributed by atoms with Crippen LogP contribution in [0.4, 0.5) is 5.69 Å². The number of esters is 2. The highest BCUT2D eigenvalue weighted by Gasteiger charge is 2.29. The summed E-state index contributed by atoms with van der Waals surface area (Å²) in [6.45, 7) is 0. The van der Waals surface area contributed by atoms with Crippen LogP contribution in [-0.4, -0.2) is 53.5 Å². The van der Waals surface area contributed by atoms with Gasteiger partial charge in [0.05, 0.1) is 38.3 Å². The fourth-order valence-electron chi connectivity index (χ4n) is 2.64. The summed E-state index contributed by atoms with van der Waals surface area (Å²) in [5, 5.41) is 11.2. The average Bonchev–Trinajstić information content (AvgIpc) is 3.18. The third kappa shape index (κ3) is 3.47. The molecule has 1 aliphatic rings. The van der Waals surface area contributed by atoms with Crippen LogP contribution in [0.5, 0.6) is 5.75 Å². The average molecular weight is 383 g/mol. The number of anilines is 1. The van der Waals surface area contributed by atoms with Crippen molar-refractivity contribution in [3.63, 3.8) is 0 Å². The number of ether oxygens (including phenoxy) is 3. The van der Waals surface area contributed by atoms with Gasteiger partial charge in [-0.05, 0) is 34.7 Å². The van der Waals surface area contributed by atoms with Crippen LogP contribution in [0.2, 0.25) is 0 Å². The molecule has 0 bridgehead atoms. The van der Waals surface area contributed by atoms with Crippen LogP contribution in [0.15, 0.2) is 60.2 Å². The molecule has 0 spiro atoms. The molecule has 28 heavy (non-hydrogen) atoms. The SMILES string of the molecule is COC(=O)C1=C(C(=O)OC)N(c2cc(OC)ccc2-n2cnnn2)C=CC=C1. The number of tetrazole rings is 1. The number of hydrogen-bond donors (Lipinski definition) is 0. The largest absolute Gasteiger partial charge is 0.497 e. The second-order valence-corrected chi connectivity index (χ2v) is 5.43. The highest BCUT2D eigenvalue weighted by molar-refractivity contribution is 6.05. The first kappa shape index (κ1) is 18.8. The highest BCUT2D eigenvalue weighted by atomic mass is 16.5. The molecule has 3 rings (SSSR count). The number of allylic oxidation sites excluding steroid dienone is 2. The molecule has 0 radical (unpaired) electrons. The van der Waals surface area contributed by atoms with Crippen LogP contribution >= 0.6 is 0 Å². The first-order valence-electron chi connectivity index (χ1n) is 8.07. The summed E-state index contributed by atoms with van der Waals surface area (Å²) in [5.74, 6) is -0.874. The summed E-state index contributed by atoms with van der Waals surface area (Å²) in [6.07, 6.45) is 7.79. The zero-order chi connectivity index (χ0) is 20.1. The molecule has 2 heterocycles. The van der Waals surface area contributed by atoms with Gasteiger partial charge in [0.2, 0.25) is 0 Å². The number of benzene rings is 1. The van der Waals surface area contributed by atoms with Gasteiger partial charge in [-0.2, -0.15) is 4.68 Å². The van der Waals surface area contributed by atoms with Gasteiger partial charge < -0.3 is 19.1 Å². The summed E-state index contributed by atoms with van der Waals surface area (Å²) in [5.41, 5.74) is 1.03. The molecule has 10 heteroatoms. The monoisotopic (exact) mass is 383 g/mol. The van der Waals surface area contributed by atoms with E-state index in [9.17, 15) is 9.59 Å². The summed E-state index contributed by atoms with van der Waals surface area (Å²) in [6, 6.07) is 5.14. The number of carbonyl (C=O) groups excluding carboxylic acids is 2. The molecule has 0 atom stereocenters. The number of carbonyl (C=O) groups is 2. The topological polar surface area (TPSA) is 109 Å². The molecule has 1 aromatic carbocycles. The maximum absolute atomic E-state index is 12.6. The lowest BCUT2D eigenvalue weighted by atomic mass is 10.1. The van der Waals surface area contributed by atoms with Crippen molar-refractivity contribution in [2.45, 2.75) is 0 Å². The van der Waals surface area contributed by atoms with Crippen molar-refractivity contribution in [3.05, 3.63) is 60.2 Å². The summed E-state index contributed by atoms with van der Waals surface area (Å²) < 4.78 is 16.5. The predicted molar refractivity (Wildman–Crippen MR) is 97.5 cm³/mol. The van der Waals surface area contributed by atoms with E-state index in [4.69, 9.17) is 14.2 Å². The Balaban J connectivity index is 2.28. The van der Waals surface area contributed by atoms with Crippen molar-refractivity contribution >= 4 is 17.6 Å². The van der Waals surface area contributed by atoms with E-state index in [-0.39, 0.29) is 11.3 Å². The minimum Gasteiger partial charge on any atom is -0.497 e. The van der Waals surface area contributed by atoms with Gasteiger partial charge in [-0.3, -0.25) is 0 Å². The molecule has 0 unspecified atom stereocenters. The van der Waals surface area contributed by atoms with Crippen molar-refractivity contribution in [1.82, 2.24) is 20.2 Å². The number of nitrogens with zero attached hydrogens (tertiary/aromatic N) is 5. The molecule has 0 aliphatic carbocycles. The molecule has 0 saturated carbocycles. The Morgan fingerprint density at radius 2 is 1.79 bits per heavy atom. The van der Waals surface area contributed by atoms with Crippen LogP contribution in [0, 0.1) is 0 Å². The number of rotatable bonds is 5. The lowest BCUT2D eigenvalue weighted by Crippen LogP contribution is -2.27. The Kier molecular flexibility index (Phi) is 5.49. The zero-order valence-electron chi connectivity index (χ0n) is 15.4. The van der Waals surface area contributed by atoms with E-state index in [0.29, 0.717) is 17.1 Å². The van der Waals surface area contributed by atoms with E-state index >= 15 is 0 Å². The van der Waals surface area contributed by atoms with Crippen molar-refractivity contribution in [2.75, 3.05) is 26.2 Å². The summed E-state index contributed by atoms with van der Waals surface area (Å²) in [4.78, 5) is 26.4. The van der Waals surface area contributed by atoms with Gasteiger partial charge in [-0.15, -0.1) is 5.10 Å². The Bertz CT molecular complexity index is 978. The lowest BCUT2D eigenvalue weighted by Gasteiger charge is -2.25. The van der Waals surface area contributed by atoms with Gasteiger partial charge in [-0.1, -0.05) is 6.08 Å². The van der Waals surface area contributed by atoms with Crippen LogP contribution < -0.4 is 9.64 Å². The molecule has 0 fully saturated rings. The zero-order valence-corrected chi connectivity index (χ0v) is 15.4. The molecule has 0 saturated heterocycles. The Morgan fingerprint density at radius 1 is 1.00 bits per heavy atom. The third-order valence-electron chi connectivity index (χ3n) is 3.93. The second kappa shape index (κ2) is 8.16. The second-order valence-electron chi connectivity index (χ2n) is 5.43. The summed E-state index contributed by atoms with van der Waals surface area (Å²) >= 11 is 0. The maximum Gasteiger partial charge on any atom is 0.355 e. The first-order chi connectivity index (χ1) is 13.6. The fourth-order valence-corrected chi connectivity index (χ4v) is 2.64. The highest BCUT2D eigenvalue weighted by Crippen LogP contribution is 2.33. The first-order valence-corrected chi connectivity index (χ1v) is 8.07. The van der Waals surface area contributed by atoms with Gasteiger partial charge >= 0.3 is 11.9 Å². The number of hydrogen-bond acceptors (Lipinski definition) is 9. The fraction of sp³-hybridized carbons (Fsp3) is 0.167. The van der Waals surface area contributed by atoms with E-state index in [0.717, 1.165) is 0 Å². The van der Waals surface area contributed by atoms with Gasteiger partial charge in [-0.25, -0.2) is 9.59 Å². The van der Waals surface area contributed by atoms with Gasteiger partial charge in [0.1, 0.15) is 17.8 Å². The van der Waals surface area contributed by atoms with Gasteiger partial charge in [0.15, 0.2) is 0 Å². The van der Waals surface area contributed by atoms with Crippen LogP contribution in [0.1, 0.15) is 0 Å². The molecule has 1 aliphatic heterocycles. The molecule has 2 aromatic rings. The van der Waals surface area contributed by atoms with Crippen LogP contribution in [-0.2, 0) is 19.1 Å². The number of methoxy groups -OCH3 is 3. The minimum absolute atomic E-state index is 0.0260. The maximum atomic E-state index is 12.6. The standard InChI is InChI=1S/C18H17N5O5/c1-26-12-7-8-14(23-11-19-20-21-23)15(10-12)22-9-5-4-6-13(17(24)27-2)16(22)18(25)28-3/h4-11H,1-3H3. The predicted octanol–water partition coefficient (Wildman–Crippen LogP) is 1.16. The Hall–Kier alpha value is -3.95. The van der Waals surface area contributed by atoms with E-state index in [1.165, 1.54) is 43.3 Å². The van der Waals surface area contributed by atoms with Crippen molar-refractivity contribution in [1.29, 1.82) is 0 Å². The smallest absolute Gasteiger partial charge is 0.355 e.